The maximum atomic E-state index is 8.89. The summed E-state index contributed by atoms with van der Waals surface area (Å²) in [6.45, 7) is 3.89. The summed E-state index contributed by atoms with van der Waals surface area (Å²) in [4.78, 5) is 35.6. The van der Waals surface area contributed by atoms with E-state index in [0.717, 1.165) is 27.7 Å². The molecule has 0 aromatic heterocycles. The first kappa shape index (κ1) is 77.7. The molecule has 23 heavy (non-hydrogen) atoms. The number of carbonyl (C=O) groups excluding carboxylic acids is 4. The van der Waals surface area contributed by atoms with Crippen molar-refractivity contribution < 1.29 is 127 Å². The van der Waals surface area contributed by atoms with Crippen molar-refractivity contribution in [3.05, 3.63) is 0 Å². The summed E-state index contributed by atoms with van der Waals surface area (Å²) >= 11 is 0. The monoisotopic (exact) mass is 444 g/mol. The maximum Gasteiger partial charge on any atom is 4.00 e. The van der Waals surface area contributed by atoms with Crippen LogP contribution in [-0.4, -0.2) is 23.9 Å². The third-order valence-electron chi connectivity index (χ3n) is 0. The number of hydrogen-bond donors (Lipinski definition) is 0. The summed E-state index contributed by atoms with van der Waals surface area (Å²) in [6.07, 6.45) is 0. The summed E-state index contributed by atoms with van der Waals surface area (Å²) in [5.41, 5.74) is 0. The van der Waals surface area contributed by atoms with Gasteiger partial charge in [0.05, 0.1) is 0 Å². The number of aliphatic carboxylic acids is 4. The van der Waals surface area contributed by atoms with Gasteiger partial charge in [-0.1, -0.05) is 0 Å². The van der Waals surface area contributed by atoms with Crippen LogP contribution in [0.25, 0.3) is 0 Å². The Morgan fingerprint density at radius 1 is 0.435 bits per heavy atom. The SMILES string of the molecule is CC(=O)[O-].CC(=O)[O-].CC(=O)[O-].CC(=O)[O-].[O-2].[O-2].[O-2].[O-2].[Ti+4].[Ti+4].[Ti+4]. The average Bonchev–Trinajstić information content (AvgIpc) is 1.76. The van der Waals surface area contributed by atoms with Gasteiger partial charge in [0.1, 0.15) is 0 Å². The molecule has 0 rings (SSSR count). The normalized spacial score (nSPS) is 4.35. The Balaban J connectivity index is -0.00000000842. The van der Waals surface area contributed by atoms with Crippen LogP contribution in [-0.2, 0) is 106 Å². The first-order valence-electron chi connectivity index (χ1n) is 3.63. The Bertz CT molecular complexity index is 172. The molecular formula is C8H12O12Ti3. The van der Waals surface area contributed by atoms with Gasteiger partial charge in [-0.15, -0.1) is 0 Å². The topological polar surface area (TPSA) is 275 Å². The van der Waals surface area contributed by atoms with Gasteiger partial charge < -0.3 is 61.5 Å². The number of carboxylic acids is 4. The number of rotatable bonds is 0. The second-order valence-corrected chi connectivity index (χ2v) is 1.97. The fraction of sp³-hybridized carbons (Fsp3) is 0.500. The van der Waals surface area contributed by atoms with Crippen LogP contribution in [0.1, 0.15) is 27.7 Å². The fourth-order valence-electron chi connectivity index (χ4n) is 0. The quantitative estimate of drug-likeness (QED) is 0.324. The van der Waals surface area contributed by atoms with Gasteiger partial charge in [0.2, 0.25) is 0 Å². The van der Waals surface area contributed by atoms with Crippen LogP contribution in [0.4, 0.5) is 0 Å². The molecule has 0 aliphatic carbocycles. The van der Waals surface area contributed by atoms with Gasteiger partial charge in [0, 0.05) is 23.9 Å². The molecular weight excluding hydrogens is 432 g/mol. The van der Waals surface area contributed by atoms with Crippen LogP contribution in [0.3, 0.4) is 0 Å². The largest absolute Gasteiger partial charge is 4.00 e. The summed E-state index contributed by atoms with van der Waals surface area (Å²) in [7, 11) is 0. The Hall–Kier alpha value is -0.137. The van der Waals surface area contributed by atoms with Crippen molar-refractivity contribution in [2.24, 2.45) is 0 Å². The molecule has 0 spiro atoms. The van der Waals surface area contributed by atoms with Crippen molar-refractivity contribution >= 4 is 23.9 Å². The van der Waals surface area contributed by atoms with E-state index in [1.807, 2.05) is 0 Å². The van der Waals surface area contributed by atoms with E-state index in [-0.39, 0.29) is 87.1 Å². The van der Waals surface area contributed by atoms with Gasteiger partial charge in [-0.05, 0) is 27.7 Å². The molecule has 0 amide bonds. The minimum Gasteiger partial charge on any atom is -2.00 e. The number of carbonyl (C=O) groups is 4. The third kappa shape index (κ3) is 459000. The molecule has 0 heterocycles. The van der Waals surface area contributed by atoms with Gasteiger partial charge in [0.25, 0.3) is 0 Å². The molecule has 0 bridgehead atoms. The van der Waals surface area contributed by atoms with Crippen LogP contribution in [0.15, 0.2) is 0 Å². The molecule has 0 aromatic rings. The zero-order valence-corrected chi connectivity index (χ0v) is 17.1. The molecule has 15 heteroatoms. The van der Waals surface area contributed by atoms with Gasteiger partial charge in [0.15, 0.2) is 0 Å². The summed E-state index contributed by atoms with van der Waals surface area (Å²) in [6, 6.07) is 0. The maximum absolute atomic E-state index is 8.89. The van der Waals surface area contributed by atoms with Crippen LogP contribution < -0.4 is 20.4 Å². The van der Waals surface area contributed by atoms with Crippen molar-refractivity contribution in [3.8, 4) is 0 Å². The Morgan fingerprint density at radius 3 is 0.435 bits per heavy atom. The van der Waals surface area contributed by atoms with Crippen molar-refractivity contribution in [2.45, 2.75) is 27.7 Å². The van der Waals surface area contributed by atoms with Gasteiger partial charge >= 0.3 is 65.2 Å². The second kappa shape index (κ2) is 67.6. The van der Waals surface area contributed by atoms with Gasteiger partial charge in [-0.3, -0.25) is 0 Å². The molecule has 0 radical (unpaired) electrons. The smallest absolute Gasteiger partial charge is 2.00 e. The number of carboxylic acid groups (broad SMARTS) is 4. The molecule has 128 valence electrons. The van der Waals surface area contributed by atoms with E-state index in [4.69, 9.17) is 39.6 Å². The van der Waals surface area contributed by atoms with Gasteiger partial charge in [-0.25, -0.2) is 0 Å². The predicted octanol–water partition coefficient (Wildman–Crippen LogP) is -5.46. The standard InChI is InChI=1S/4C2H4O2.4O.3Ti/c4*1-2(3)4;;;;;;;/h4*1H3,(H,3,4);;;;;;;/q;;;;4*-2;3*+4/p-4. The molecule has 0 aliphatic heterocycles. The van der Waals surface area contributed by atoms with E-state index < -0.39 is 23.9 Å². The molecule has 0 atom stereocenters. The Labute approximate surface area is 177 Å². The van der Waals surface area contributed by atoms with Crippen molar-refractivity contribution in [2.75, 3.05) is 0 Å². The Morgan fingerprint density at radius 2 is 0.435 bits per heavy atom. The predicted molar refractivity (Wildman–Crippen MR) is 45.5 cm³/mol. The average molecular weight is 444 g/mol. The molecule has 12 nitrogen and oxygen atoms in total. The first-order chi connectivity index (χ1) is 6.93. The van der Waals surface area contributed by atoms with E-state index in [1.54, 1.807) is 0 Å². The third-order valence-corrected chi connectivity index (χ3v) is 0. The summed E-state index contributed by atoms with van der Waals surface area (Å²) in [5, 5.41) is 35.6. The van der Waals surface area contributed by atoms with Crippen LogP contribution in [0, 0.1) is 0 Å². The molecule has 0 unspecified atom stereocenters. The number of hydrogen-bond acceptors (Lipinski definition) is 8. The van der Waals surface area contributed by atoms with Crippen molar-refractivity contribution in [3.63, 3.8) is 0 Å². The van der Waals surface area contributed by atoms with E-state index in [9.17, 15) is 0 Å². The first-order valence-corrected chi connectivity index (χ1v) is 3.63. The second-order valence-electron chi connectivity index (χ2n) is 1.97. The minimum absolute atomic E-state index is 0. The van der Waals surface area contributed by atoms with Crippen LogP contribution >= 0.6 is 0 Å². The van der Waals surface area contributed by atoms with E-state index in [0.29, 0.717) is 0 Å². The van der Waals surface area contributed by atoms with E-state index >= 15 is 0 Å². The molecule has 0 N–H and O–H groups in total. The zero-order chi connectivity index (χ0) is 14.3. The van der Waals surface area contributed by atoms with Gasteiger partial charge in [-0.2, -0.15) is 0 Å². The van der Waals surface area contributed by atoms with Crippen LogP contribution in [0.5, 0.6) is 0 Å². The molecule has 0 fully saturated rings. The fourth-order valence-corrected chi connectivity index (χ4v) is 0. The molecule has 0 aromatic carbocycles. The zero-order valence-electron chi connectivity index (χ0n) is 12.4. The minimum atomic E-state index is -1.08. The molecule has 0 saturated carbocycles. The van der Waals surface area contributed by atoms with E-state index in [1.165, 1.54) is 0 Å². The van der Waals surface area contributed by atoms with Crippen molar-refractivity contribution in [1.29, 1.82) is 0 Å². The van der Waals surface area contributed by atoms with Crippen molar-refractivity contribution in [1.82, 2.24) is 0 Å². The summed E-state index contributed by atoms with van der Waals surface area (Å²) in [5.74, 6) is -4.33. The van der Waals surface area contributed by atoms with E-state index in [2.05, 4.69) is 0 Å². The molecule has 0 saturated heterocycles. The molecule has 0 aliphatic rings. The summed E-state index contributed by atoms with van der Waals surface area (Å²) < 4.78 is 0. The van der Waals surface area contributed by atoms with Crippen LogP contribution in [0.2, 0.25) is 0 Å². The Kier molecular flexibility index (Phi) is 228.